The molecule has 0 N–H and O–H groups in total. The Balaban J connectivity index is 2.22. The zero-order valence-corrected chi connectivity index (χ0v) is 14.7. The summed E-state index contributed by atoms with van der Waals surface area (Å²) < 4.78 is 0. The van der Waals surface area contributed by atoms with E-state index < -0.39 is 0 Å². The van der Waals surface area contributed by atoms with Crippen LogP contribution in [0.15, 0.2) is 43.0 Å². The lowest BCUT2D eigenvalue weighted by atomic mass is 10.1. The highest BCUT2D eigenvalue weighted by atomic mass is 35.5. The van der Waals surface area contributed by atoms with Crippen molar-refractivity contribution in [2.75, 3.05) is 18.0 Å². The molecular formula is C19H24ClN3. The first-order chi connectivity index (χ1) is 11.2. The third-order valence-electron chi connectivity index (χ3n) is 3.83. The van der Waals surface area contributed by atoms with Crippen LogP contribution in [0.25, 0.3) is 11.3 Å². The van der Waals surface area contributed by atoms with E-state index in [0.29, 0.717) is 0 Å². The fourth-order valence-electron chi connectivity index (χ4n) is 2.42. The highest BCUT2D eigenvalue weighted by molar-refractivity contribution is 6.34. The molecule has 1 heterocycles. The van der Waals surface area contributed by atoms with Crippen molar-refractivity contribution in [3.8, 4) is 11.3 Å². The van der Waals surface area contributed by atoms with Gasteiger partial charge in [-0.2, -0.15) is 0 Å². The van der Waals surface area contributed by atoms with E-state index >= 15 is 0 Å². The molecule has 0 aliphatic heterocycles. The topological polar surface area (TPSA) is 29.0 Å². The van der Waals surface area contributed by atoms with Gasteiger partial charge >= 0.3 is 0 Å². The molecule has 0 amide bonds. The van der Waals surface area contributed by atoms with Gasteiger partial charge in [-0.1, -0.05) is 49.2 Å². The predicted octanol–water partition coefficient (Wildman–Crippen LogP) is 5.29. The van der Waals surface area contributed by atoms with Crippen LogP contribution in [0.5, 0.6) is 0 Å². The first-order valence-corrected chi connectivity index (χ1v) is 8.50. The Morgan fingerprint density at radius 2 is 2.00 bits per heavy atom. The second-order valence-corrected chi connectivity index (χ2v) is 6.01. The minimum atomic E-state index is 0.740. The van der Waals surface area contributed by atoms with Crippen molar-refractivity contribution in [2.24, 2.45) is 0 Å². The molecule has 2 rings (SSSR count). The van der Waals surface area contributed by atoms with Crippen molar-refractivity contribution in [3.63, 3.8) is 0 Å². The van der Waals surface area contributed by atoms with Crippen LogP contribution in [0.1, 0.15) is 31.7 Å². The zero-order valence-electron chi connectivity index (χ0n) is 13.9. The van der Waals surface area contributed by atoms with E-state index in [2.05, 4.69) is 28.6 Å². The summed E-state index contributed by atoms with van der Waals surface area (Å²) in [6.07, 6.45) is 5.18. The van der Waals surface area contributed by atoms with Crippen LogP contribution in [-0.2, 0) is 0 Å². The van der Waals surface area contributed by atoms with Gasteiger partial charge in [0.1, 0.15) is 0 Å². The van der Waals surface area contributed by atoms with E-state index in [0.717, 1.165) is 60.0 Å². The number of aromatic nitrogens is 2. The maximum atomic E-state index is 6.38. The van der Waals surface area contributed by atoms with Gasteiger partial charge in [0.15, 0.2) is 5.82 Å². The van der Waals surface area contributed by atoms with Gasteiger partial charge in [-0.05, 0) is 37.5 Å². The lowest BCUT2D eigenvalue weighted by molar-refractivity contribution is 0.703. The van der Waals surface area contributed by atoms with Crippen molar-refractivity contribution >= 4 is 17.4 Å². The summed E-state index contributed by atoms with van der Waals surface area (Å²) in [5.41, 5.74) is 2.78. The average molecular weight is 330 g/mol. The minimum absolute atomic E-state index is 0.740. The largest absolute Gasteiger partial charge is 0.355 e. The standard InChI is InChI=1S/C19H24ClN3/c1-4-6-13-23(14-7-5-2)18-12-11-17(21-22-18)16-10-8-9-15(3)19(16)20/h4,8-12H,1,5-7,13-14H2,2-3H3. The summed E-state index contributed by atoms with van der Waals surface area (Å²) in [4.78, 5) is 2.26. The number of halogens is 1. The molecule has 0 bridgehead atoms. The summed E-state index contributed by atoms with van der Waals surface area (Å²) in [5.74, 6) is 0.910. The molecule has 4 heteroatoms. The molecule has 0 saturated carbocycles. The first-order valence-electron chi connectivity index (χ1n) is 8.12. The van der Waals surface area contributed by atoms with E-state index in [9.17, 15) is 0 Å². The quantitative estimate of drug-likeness (QED) is 0.616. The Hall–Kier alpha value is -1.87. The molecule has 122 valence electrons. The molecular weight excluding hydrogens is 306 g/mol. The molecule has 0 aliphatic carbocycles. The second kappa shape index (κ2) is 8.68. The highest BCUT2D eigenvalue weighted by Crippen LogP contribution is 2.29. The number of rotatable bonds is 8. The van der Waals surface area contributed by atoms with Crippen LogP contribution in [0, 0.1) is 6.92 Å². The molecule has 3 nitrogen and oxygen atoms in total. The fourth-order valence-corrected chi connectivity index (χ4v) is 2.64. The number of anilines is 1. The van der Waals surface area contributed by atoms with Gasteiger partial charge in [0.2, 0.25) is 0 Å². The molecule has 23 heavy (non-hydrogen) atoms. The summed E-state index contributed by atoms with van der Waals surface area (Å²) in [5, 5.41) is 9.54. The third kappa shape index (κ3) is 4.55. The van der Waals surface area contributed by atoms with Crippen LogP contribution in [0.4, 0.5) is 5.82 Å². The third-order valence-corrected chi connectivity index (χ3v) is 4.33. The molecule has 0 fully saturated rings. The average Bonchev–Trinajstić information content (AvgIpc) is 2.58. The first kappa shape index (κ1) is 17.5. The maximum absolute atomic E-state index is 6.38. The normalized spacial score (nSPS) is 10.6. The number of hydrogen-bond acceptors (Lipinski definition) is 3. The van der Waals surface area contributed by atoms with Gasteiger partial charge < -0.3 is 4.90 Å². The monoisotopic (exact) mass is 329 g/mol. The number of hydrogen-bond donors (Lipinski definition) is 0. The number of nitrogens with zero attached hydrogens (tertiary/aromatic N) is 3. The van der Waals surface area contributed by atoms with Crippen molar-refractivity contribution in [3.05, 3.63) is 53.6 Å². The highest BCUT2D eigenvalue weighted by Gasteiger charge is 2.10. The Bertz CT molecular complexity index is 638. The molecule has 0 unspecified atom stereocenters. The lowest BCUT2D eigenvalue weighted by Crippen LogP contribution is -2.26. The van der Waals surface area contributed by atoms with Gasteiger partial charge in [-0.3, -0.25) is 0 Å². The molecule has 1 aromatic heterocycles. The van der Waals surface area contributed by atoms with Crippen molar-refractivity contribution < 1.29 is 0 Å². The molecule has 0 spiro atoms. The summed E-state index contributed by atoms with van der Waals surface area (Å²) >= 11 is 6.38. The molecule has 0 atom stereocenters. The van der Waals surface area contributed by atoms with Gasteiger partial charge in [0.25, 0.3) is 0 Å². The maximum Gasteiger partial charge on any atom is 0.151 e. The van der Waals surface area contributed by atoms with Gasteiger partial charge in [-0.15, -0.1) is 16.8 Å². The Labute approximate surface area is 144 Å². The fraction of sp³-hybridized carbons (Fsp3) is 0.368. The molecule has 0 saturated heterocycles. The smallest absolute Gasteiger partial charge is 0.151 e. The van der Waals surface area contributed by atoms with E-state index in [1.807, 2.05) is 43.3 Å². The van der Waals surface area contributed by atoms with Gasteiger partial charge in [0.05, 0.1) is 10.7 Å². The summed E-state index contributed by atoms with van der Waals surface area (Å²) in [6.45, 7) is 9.90. The van der Waals surface area contributed by atoms with Gasteiger partial charge in [0, 0.05) is 18.7 Å². The van der Waals surface area contributed by atoms with E-state index in [4.69, 9.17) is 11.6 Å². The minimum Gasteiger partial charge on any atom is -0.355 e. The number of aryl methyl sites for hydroxylation is 1. The molecule has 1 aromatic carbocycles. The van der Waals surface area contributed by atoms with Crippen molar-refractivity contribution in [1.29, 1.82) is 0 Å². The van der Waals surface area contributed by atoms with Crippen LogP contribution in [0.3, 0.4) is 0 Å². The summed E-state index contributed by atoms with van der Waals surface area (Å²) in [6, 6.07) is 9.99. The lowest BCUT2D eigenvalue weighted by Gasteiger charge is -2.22. The van der Waals surface area contributed by atoms with Crippen molar-refractivity contribution in [1.82, 2.24) is 10.2 Å². The SMILES string of the molecule is C=CCCN(CCCC)c1ccc(-c2cccc(C)c2Cl)nn1. The predicted molar refractivity (Wildman–Crippen MR) is 99.2 cm³/mol. The number of benzene rings is 1. The van der Waals surface area contributed by atoms with Crippen LogP contribution >= 0.6 is 11.6 Å². The number of unbranched alkanes of at least 4 members (excludes halogenated alkanes) is 1. The van der Waals surface area contributed by atoms with Crippen molar-refractivity contribution in [2.45, 2.75) is 33.1 Å². The zero-order chi connectivity index (χ0) is 16.7. The van der Waals surface area contributed by atoms with Crippen LogP contribution < -0.4 is 4.90 Å². The molecule has 0 aliphatic rings. The Kier molecular flexibility index (Phi) is 6.60. The van der Waals surface area contributed by atoms with E-state index in [-0.39, 0.29) is 0 Å². The second-order valence-electron chi connectivity index (χ2n) is 5.63. The Morgan fingerprint density at radius 1 is 1.17 bits per heavy atom. The van der Waals surface area contributed by atoms with Gasteiger partial charge in [-0.25, -0.2) is 0 Å². The van der Waals surface area contributed by atoms with E-state index in [1.54, 1.807) is 0 Å². The van der Waals surface area contributed by atoms with Crippen LogP contribution in [-0.4, -0.2) is 23.3 Å². The molecule has 0 radical (unpaired) electrons. The Morgan fingerprint density at radius 3 is 2.65 bits per heavy atom. The van der Waals surface area contributed by atoms with E-state index in [1.165, 1.54) is 0 Å². The molecule has 2 aromatic rings. The van der Waals surface area contributed by atoms with Crippen LogP contribution in [0.2, 0.25) is 5.02 Å². The summed E-state index contributed by atoms with van der Waals surface area (Å²) in [7, 11) is 0.